The first kappa shape index (κ1) is 14.9. The molecule has 1 saturated heterocycles. The second kappa shape index (κ2) is 5.90. The van der Waals surface area contributed by atoms with Gasteiger partial charge < -0.3 is 10.1 Å². The van der Waals surface area contributed by atoms with Gasteiger partial charge >= 0.3 is 5.97 Å². The van der Waals surface area contributed by atoms with Crippen LogP contribution in [-0.4, -0.2) is 46.9 Å². The molecule has 2 heterocycles. The number of imidazole rings is 1. The maximum absolute atomic E-state index is 12.2. The Labute approximate surface area is 117 Å². The van der Waals surface area contributed by atoms with Crippen LogP contribution in [0.15, 0.2) is 12.4 Å². The van der Waals surface area contributed by atoms with Gasteiger partial charge in [0, 0.05) is 25.5 Å². The zero-order chi connectivity index (χ0) is 14.8. The SMILES string of the molecule is CC(NS(=O)(=O)N1CCCC(C(=O)O)C1)c1ncc[nH]1. The number of aliphatic carboxylic acids is 1. The molecule has 2 unspecified atom stereocenters. The molecule has 0 aromatic carbocycles. The van der Waals surface area contributed by atoms with Gasteiger partial charge in [0.2, 0.25) is 0 Å². The number of carboxylic acids is 1. The highest BCUT2D eigenvalue weighted by Crippen LogP contribution is 2.20. The van der Waals surface area contributed by atoms with Crippen LogP contribution in [0.2, 0.25) is 0 Å². The number of H-pyrrole nitrogens is 1. The molecule has 1 fully saturated rings. The molecular weight excluding hydrogens is 284 g/mol. The molecule has 0 saturated carbocycles. The molecule has 2 rings (SSSR count). The smallest absolute Gasteiger partial charge is 0.307 e. The fourth-order valence-electron chi connectivity index (χ4n) is 2.23. The molecule has 8 nitrogen and oxygen atoms in total. The number of nitrogens with zero attached hydrogens (tertiary/aromatic N) is 2. The van der Waals surface area contributed by atoms with Crippen LogP contribution in [-0.2, 0) is 15.0 Å². The van der Waals surface area contributed by atoms with E-state index in [0.717, 1.165) is 0 Å². The minimum Gasteiger partial charge on any atom is -0.481 e. The minimum absolute atomic E-state index is 0.00947. The lowest BCUT2D eigenvalue weighted by Crippen LogP contribution is -2.48. The fraction of sp³-hybridized carbons (Fsp3) is 0.636. The van der Waals surface area contributed by atoms with Crippen LogP contribution in [0.1, 0.15) is 31.6 Å². The van der Waals surface area contributed by atoms with Crippen molar-refractivity contribution < 1.29 is 18.3 Å². The van der Waals surface area contributed by atoms with Crippen LogP contribution < -0.4 is 4.72 Å². The first-order valence-corrected chi connectivity index (χ1v) is 7.83. The number of aromatic amines is 1. The fourth-order valence-corrected chi connectivity index (χ4v) is 3.68. The minimum atomic E-state index is -3.72. The number of aromatic nitrogens is 2. The molecule has 3 N–H and O–H groups in total. The molecule has 0 bridgehead atoms. The highest BCUT2D eigenvalue weighted by molar-refractivity contribution is 7.87. The normalized spacial score (nSPS) is 22.6. The van der Waals surface area contributed by atoms with Gasteiger partial charge in [0.1, 0.15) is 5.82 Å². The monoisotopic (exact) mass is 302 g/mol. The Bertz CT molecular complexity index is 557. The summed E-state index contributed by atoms with van der Waals surface area (Å²) in [7, 11) is -3.72. The molecule has 0 aliphatic carbocycles. The van der Waals surface area contributed by atoms with Crippen LogP contribution in [0.3, 0.4) is 0 Å². The standard InChI is InChI=1S/C11H18N4O4S/c1-8(10-12-4-5-13-10)14-20(18,19)15-6-2-3-9(7-15)11(16)17/h4-5,8-9,14H,2-3,6-7H2,1H3,(H,12,13)(H,16,17). The van der Waals surface area contributed by atoms with E-state index in [9.17, 15) is 13.2 Å². The number of nitrogens with one attached hydrogen (secondary N) is 2. The van der Waals surface area contributed by atoms with E-state index in [1.54, 1.807) is 19.3 Å². The molecule has 2 atom stereocenters. The lowest BCUT2D eigenvalue weighted by atomic mass is 10.0. The number of hydrogen-bond donors (Lipinski definition) is 3. The zero-order valence-electron chi connectivity index (χ0n) is 11.1. The van der Waals surface area contributed by atoms with Gasteiger partial charge in [0.15, 0.2) is 0 Å². The predicted octanol–water partition coefficient (Wildman–Crippen LogP) is 0.102. The van der Waals surface area contributed by atoms with Crippen molar-refractivity contribution >= 4 is 16.2 Å². The Kier molecular flexibility index (Phi) is 4.41. The van der Waals surface area contributed by atoms with Crippen molar-refractivity contribution in [1.29, 1.82) is 0 Å². The van der Waals surface area contributed by atoms with E-state index in [1.165, 1.54) is 4.31 Å². The highest BCUT2D eigenvalue weighted by Gasteiger charge is 2.33. The maximum atomic E-state index is 12.2. The van der Waals surface area contributed by atoms with Gasteiger partial charge in [-0.05, 0) is 19.8 Å². The molecule has 0 amide bonds. The van der Waals surface area contributed by atoms with E-state index in [0.29, 0.717) is 25.2 Å². The molecule has 0 radical (unpaired) electrons. The Morgan fingerprint density at radius 3 is 3.00 bits per heavy atom. The number of piperidine rings is 1. The van der Waals surface area contributed by atoms with Crippen molar-refractivity contribution in [3.05, 3.63) is 18.2 Å². The summed E-state index contributed by atoms with van der Waals surface area (Å²) in [4.78, 5) is 17.8. The molecule has 1 aliphatic rings. The molecule has 112 valence electrons. The van der Waals surface area contributed by atoms with Gasteiger partial charge in [0.05, 0.1) is 12.0 Å². The van der Waals surface area contributed by atoms with Gasteiger partial charge in [-0.15, -0.1) is 0 Å². The quantitative estimate of drug-likeness (QED) is 0.713. The van der Waals surface area contributed by atoms with E-state index in [2.05, 4.69) is 14.7 Å². The number of carboxylic acid groups (broad SMARTS) is 1. The predicted molar refractivity (Wildman–Crippen MR) is 71.0 cm³/mol. The molecule has 20 heavy (non-hydrogen) atoms. The van der Waals surface area contributed by atoms with Crippen LogP contribution in [0.5, 0.6) is 0 Å². The second-order valence-corrected chi connectivity index (χ2v) is 6.56. The summed E-state index contributed by atoms with van der Waals surface area (Å²) in [5, 5.41) is 9.00. The third kappa shape index (κ3) is 3.35. The van der Waals surface area contributed by atoms with Crippen molar-refractivity contribution in [3.8, 4) is 0 Å². The summed E-state index contributed by atoms with van der Waals surface area (Å²) >= 11 is 0. The lowest BCUT2D eigenvalue weighted by molar-refractivity contribution is -0.142. The van der Waals surface area contributed by atoms with Crippen molar-refractivity contribution in [3.63, 3.8) is 0 Å². The zero-order valence-corrected chi connectivity index (χ0v) is 11.9. The van der Waals surface area contributed by atoms with E-state index in [4.69, 9.17) is 5.11 Å². The van der Waals surface area contributed by atoms with Crippen molar-refractivity contribution in [2.75, 3.05) is 13.1 Å². The number of rotatable bonds is 5. The van der Waals surface area contributed by atoms with Crippen LogP contribution in [0.4, 0.5) is 0 Å². The number of hydrogen-bond acceptors (Lipinski definition) is 4. The molecular formula is C11H18N4O4S. The van der Waals surface area contributed by atoms with E-state index in [-0.39, 0.29) is 6.54 Å². The Balaban J connectivity index is 2.04. The summed E-state index contributed by atoms with van der Waals surface area (Å²) in [6.45, 7) is 2.02. The van der Waals surface area contributed by atoms with Crippen molar-refractivity contribution in [2.45, 2.75) is 25.8 Å². The van der Waals surface area contributed by atoms with E-state index >= 15 is 0 Å². The van der Waals surface area contributed by atoms with Gasteiger partial charge in [-0.2, -0.15) is 17.4 Å². The molecule has 1 aliphatic heterocycles. The summed E-state index contributed by atoms with van der Waals surface area (Å²) in [5.74, 6) is -1.08. The summed E-state index contributed by atoms with van der Waals surface area (Å²) in [6, 6.07) is -0.500. The Morgan fingerprint density at radius 2 is 2.40 bits per heavy atom. The maximum Gasteiger partial charge on any atom is 0.307 e. The summed E-state index contributed by atoms with van der Waals surface area (Å²) in [5.41, 5.74) is 0. The molecule has 0 spiro atoms. The highest BCUT2D eigenvalue weighted by atomic mass is 32.2. The largest absolute Gasteiger partial charge is 0.481 e. The Hall–Kier alpha value is -1.45. The number of carbonyl (C=O) groups is 1. The van der Waals surface area contributed by atoms with E-state index in [1.807, 2.05) is 0 Å². The topological polar surface area (TPSA) is 115 Å². The third-order valence-corrected chi connectivity index (χ3v) is 4.99. The van der Waals surface area contributed by atoms with Gasteiger partial charge in [-0.3, -0.25) is 4.79 Å². The molecule has 1 aromatic heterocycles. The Morgan fingerprint density at radius 1 is 1.65 bits per heavy atom. The summed E-state index contributed by atoms with van der Waals surface area (Å²) in [6.07, 6.45) is 4.21. The van der Waals surface area contributed by atoms with Crippen LogP contribution in [0, 0.1) is 5.92 Å². The van der Waals surface area contributed by atoms with Crippen molar-refractivity contribution in [2.24, 2.45) is 5.92 Å². The first-order chi connectivity index (χ1) is 9.40. The van der Waals surface area contributed by atoms with Crippen LogP contribution in [0.25, 0.3) is 0 Å². The first-order valence-electron chi connectivity index (χ1n) is 6.39. The molecule has 1 aromatic rings. The van der Waals surface area contributed by atoms with Gasteiger partial charge in [-0.25, -0.2) is 4.98 Å². The van der Waals surface area contributed by atoms with Crippen LogP contribution >= 0.6 is 0 Å². The van der Waals surface area contributed by atoms with E-state index < -0.39 is 28.1 Å². The second-order valence-electron chi connectivity index (χ2n) is 4.85. The third-order valence-electron chi connectivity index (χ3n) is 3.33. The van der Waals surface area contributed by atoms with Gasteiger partial charge in [0.25, 0.3) is 10.2 Å². The van der Waals surface area contributed by atoms with Gasteiger partial charge in [-0.1, -0.05) is 0 Å². The average molecular weight is 302 g/mol. The lowest BCUT2D eigenvalue weighted by Gasteiger charge is -2.30. The van der Waals surface area contributed by atoms with Crippen molar-refractivity contribution in [1.82, 2.24) is 19.0 Å². The molecule has 9 heteroatoms. The summed E-state index contributed by atoms with van der Waals surface area (Å²) < 4.78 is 28.2. The average Bonchev–Trinajstić information content (AvgIpc) is 2.92.